The topological polar surface area (TPSA) is 72.7 Å². The highest BCUT2D eigenvalue weighted by molar-refractivity contribution is 7.99. The van der Waals surface area contributed by atoms with Crippen molar-refractivity contribution in [3.05, 3.63) is 59.6 Å². The first-order valence-corrected chi connectivity index (χ1v) is 8.52. The van der Waals surface area contributed by atoms with E-state index in [1.807, 2.05) is 41.8 Å². The van der Waals surface area contributed by atoms with Gasteiger partial charge in [-0.25, -0.2) is 4.98 Å². The average molecular weight is 360 g/mol. The lowest BCUT2D eigenvalue weighted by molar-refractivity contribution is -0.113. The Hall–Kier alpha value is -2.38. The van der Waals surface area contributed by atoms with Gasteiger partial charge in [0.2, 0.25) is 5.91 Å². The number of anilines is 1. The summed E-state index contributed by atoms with van der Waals surface area (Å²) in [6.45, 7) is 1.87. The summed E-state index contributed by atoms with van der Waals surface area (Å²) in [5.74, 6) is 0.769. The van der Waals surface area contributed by atoms with Crippen LogP contribution in [-0.4, -0.2) is 31.4 Å². The number of amides is 1. The fourth-order valence-corrected chi connectivity index (χ4v) is 3.07. The van der Waals surface area contributed by atoms with Crippen LogP contribution in [0.3, 0.4) is 0 Å². The van der Waals surface area contributed by atoms with Crippen molar-refractivity contribution in [1.29, 1.82) is 0 Å². The molecule has 0 unspecified atom stereocenters. The highest BCUT2D eigenvalue weighted by atomic mass is 35.5. The third-order valence-corrected chi connectivity index (χ3v) is 4.41. The SMILES string of the molecule is Cc1nnc(SCC(=O)Nc2cccnc2Cl)n1-c1ccccc1. The van der Waals surface area contributed by atoms with E-state index in [0.29, 0.717) is 10.8 Å². The van der Waals surface area contributed by atoms with Gasteiger partial charge in [-0.2, -0.15) is 0 Å². The first-order chi connectivity index (χ1) is 11.6. The van der Waals surface area contributed by atoms with Crippen LogP contribution < -0.4 is 5.32 Å². The normalized spacial score (nSPS) is 10.6. The minimum absolute atomic E-state index is 0.185. The number of aryl methyl sites for hydroxylation is 1. The second-order valence-corrected chi connectivity index (χ2v) is 6.18. The summed E-state index contributed by atoms with van der Waals surface area (Å²) >= 11 is 7.24. The third-order valence-electron chi connectivity index (χ3n) is 3.18. The van der Waals surface area contributed by atoms with Gasteiger partial charge >= 0.3 is 0 Å². The number of pyridine rings is 1. The Balaban J connectivity index is 1.70. The quantitative estimate of drug-likeness (QED) is 0.558. The molecule has 0 radical (unpaired) electrons. The molecule has 0 spiro atoms. The first kappa shape index (κ1) is 16.5. The maximum absolute atomic E-state index is 12.1. The molecular formula is C16H14ClN5OS. The number of rotatable bonds is 5. The predicted octanol–water partition coefficient (Wildman–Crippen LogP) is 3.35. The van der Waals surface area contributed by atoms with E-state index in [-0.39, 0.29) is 16.8 Å². The molecule has 8 heteroatoms. The zero-order chi connectivity index (χ0) is 16.9. The molecule has 0 aliphatic rings. The van der Waals surface area contributed by atoms with E-state index in [1.165, 1.54) is 11.8 Å². The molecule has 0 bridgehead atoms. The van der Waals surface area contributed by atoms with Gasteiger partial charge in [0.15, 0.2) is 10.3 Å². The lowest BCUT2D eigenvalue weighted by Crippen LogP contribution is -2.15. The zero-order valence-electron chi connectivity index (χ0n) is 12.8. The van der Waals surface area contributed by atoms with Gasteiger partial charge in [0, 0.05) is 11.9 Å². The van der Waals surface area contributed by atoms with Crippen molar-refractivity contribution in [3.8, 4) is 5.69 Å². The molecule has 0 fully saturated rings. The van der Waals surface area contributed by atoms with Crippen molar-refractivity contribution in [2.75, 3.05) is 11.1 Å². The van der Waals surface area contributed by atoms with Crippen LogP contribution in [0.25, 0.3) is 5.69 Å². The molecule has 3 rings (SSSR count). The van der Waals surface area contributed by atoms with Crippen molar-refractivity contribution < 1.29 is 4.79 Å². The number of carbonyl (C=O) groups excluding carboxylic acids is 1. The summed E-state index contributed by atoms with van der Waals surface area (Å²) in [6.07, 6.45) is 1.57. The van der Waals surface area contributed by atoms with Gasteiger partial charge in [0.1, 0.15) is 5.82 Å². The largest absolute Gasteiger partial charge is 0.323 e. The Labute approximate surface area is 148 Å². The fraction of sp³-hybridized carbons (Fsp3) is 0.125. The van der Waals surface area contributed by atoms with Gasteiger partial charge in [-0.1, -0.05) is 41.6 Å². The molecule has 1 N–H and O–H groups in total. The third kappa shape index (κ3) is 3.74. The van der Waals surface area contributed by atoms with E-state index in [1.54, 1.807) is 18.3 Å². The molecule has 0 aliphatic carbocycles. The molecular weight excluding hydrogens is 346 g/mol. The van der Waals surface area contributed by atoms with Gasteiger partial charge in [-0.15, -0.1) is 10.2 Å². The number of benzene rings is 1. The van der Waals surface area contributed by atoms with E-state index in [0.717, 1.165) is 11.5 Å². The highest BCUT2D eigenvalue weighted by Gasteiger charge is 2.14. The summed E-state index contributed by atoms with van der Waals surface area (Å²) < 4.78 is 1.91. The maximum Gasteiger partial charge on any atom is 0.234 e. The molecule has 3 aromatic rings. The summed E-state index contributed by atoms with van der Waals surface area (Å²) in [6, 6.07) is 13.2. The molecule has 2 heterocycles. The van der Waals surface area contributed by atoms with E-state index in [2.05, 4.69) is 20.5 Å². The Bertz CT molecular complexity index is 853. The minimum Gasteiger partial charge on any atom is -0.323 e. The maximum atomic E-state index is 12.1. The lowest BCUT2D eigenvalue weighted by atomic mass is 10.3. The van der Waals surface area contributed by atoms with Crippen LogP contribution in [0.15, 0.2) is 53.8 Å². The monoisotopic (exact) mass is 359 g/mol. The fourth-order valence-electron chi connectivity index (χ4n) is 2.11. The van der Waals surface area contributed by atoms with Gasteiger partial charge in [0.25, 0.3) is 0 Å². The second-order valence-electron chi connectivity index (χ2n) is 4.88. The number of aromatic nitrogens is 4. The molecule has 0 saturated carbocycles. The molecule has 2 aromatic heterocycles. The number of hydrogen-bond donors (Lipinski definition) is 1. The van der Waals surface area contributed by atoms with E-state index in [4.69, 9.17) is 11.6 Å². The number of nitrogens with zero attached hydrogens (tertiary/aromatic N) is 4. The van der Waals surface area contributed by atoms with E-state index >= 15 is 0 Å². The molecule has 6 nitrogen and oxygen atoms in total. The van der Waals surface area contributed by atoms with Crippen LogP contribution in [0.5, 0.6) is 0 Å². The van der Waals surface area contributed by atoms with Gasteiger partial charge < -0.3 is 5.32 Å². The average Bonchev–Trinajstić information content (AvgIpc) is 2.96. The summed E-state index contributed by atoms with van der Waals surface area (Å²) in [5, 5.41) is 11.9. The second kappa shape index (κ2) is 7.46. The summed E-state index contributed by atoms with van der Waals surface area (Å²) in [4.78, 5) is 16.0. The Kier molecular flexibility index (Phi) is 5.12. The number of carbonyl (C=O) groups is 1. The van der Waals surface area contributed by atoms with Crippen LogP contribution in [0.4, 0.5) is 5.69 Å². The molecule has 1 amide bonds. The lowest BCUT2D eigenvalue weighted by Gasteiger charge is -2.08. The molecule has 122 valence electrons. The minimum atomic E-state index is -0.185. The number of nitrogens with one attached hydrogen (secondary N) is 1. The number of hydrogen-bond acceptors (Lipinski definition) is 5. The van der Waals surface area contributed by atoms with Crippen LogP contribution in [-0.2, 0) is 4.79 Å². The number of halogens is 1. The Morgan fingerprint density at radius 1 is 1.21 bits per heavy atom. The zero-order valence-corrected chi connectivity index (χ0v) is 14.4. The van der Waals surface area contributed by atoms with Crippen LogP contribution in [0, 0.1) is 6.92 Å². The van der Waals surface area contributed by atoms with E-state index in [9.17, 15) is 4.79 Å². The molecule has 0 saturated heterocycles. The summed E-state index contributed by atoms with van der Waals surface area (Å²) in [5.41, 5.74) is 1.45. The molecule has 0 atom stereocenters. The van der Waals surface area contributed by atoms with Gasteiger partial charge in [0.05, 0.1) is 11.4 Å². The highest BCUT2D eigenvalue weighted by Crippen LogP contribution is 2.22. The van der Waals surface area contributed by atoms with Crippen LogP contribution >= 0.6 is 23.4 Å². The van der Waals surface area contributed by atoms with Crippen LogP contribution in [0.2, 0.25) is 5.15 Å². The van der Waals surface area contributed by atoms with E-state index < -0.39 is 0 Å². The Morgan fingerprint density at radius 2 is 2.00 bits per heavy atom. The summed E-state index contributed by atoms with van der Waals surface area (Å²) in [7, 11) is 0. The van der Waals surface area contributed by atoms with Crippen molar-refractivity contribution in [2.45, 2.75) is 12.1 Å². The van der Waals surface area contributed by atoms with Gasteiger partial charge in [-0.05, 0) is 31.2 Å². The molecule has 1 aromatic carbocycles. The number of thioether (sulfide) groups is 1. The molecule has 0 aliphatic heterocycles. The van der Waals surface area contributed by atoms with Crippen LogP contribution in [0.1, 0.15) is 5.82 Å². The smallest absolute Gasteiger partial charge is 0.234 e. The van der Waals surface area contributed by atoms with Crippen molar-refractivity contribution in [3.63, 3.8) is 0 Å². The van der Waals surface area contributed by atoms with Crippen molar-refractivity contribution in [1.82, 2.24) is 19.7 Å². The number of para-hydroxylation sites is 1. The first-order valence-electron chi connectivity index (χ1n) is 7.16. The predicted molar refractivity (Wildman–Crippen MR) is 94.7 cm³/mol. The molecule has 24 heavy (non-hydrogen) atoms. The van der Waals surface area contributed by atoms with Crippen molar-refractivity contribution >= 4 is 35.0 Å². The van der Waals surface area contributed by atoms with Gasteiger partial charge in [-0.3, -0.25) is 9.36 Å². The Morgan fingerprint density at radius 3 is 2.75 bits per heavy atom. The van der Waals surface area contributed by atoms with Crippen molar-refractivity contribution in [2.24, 2.45) is 0 Å². The standard InChI is InChI=1S/C16H14ClN5OS/c1-11-20-21-16(22(11)12-6-3-2-4-7-12)24-10-14(23)19-13-8-5-9-18-15(13)17/h2-9H,10H2,1H3,(H,19,23).